The van der Waals surface area contributed by atoms with Gasteiger partial charge in [-0.05, 0) is 30.5 Å². The molecule has 17 heavy (non-hydrogen) atoms. The molecule has 88 valence electrons. The number of nitrogens with zero attached hydrogens (tertiary/aromatic N) is 2. The molecule has 0 saturated carbocycles. The van der Waals surface area contributed by atoms with Crippen molar-refractivity contribution in [2.75, 3.05) is 6.61 Å². The summed E-state index contributed by atoms with van der Waals surface area (Å²) in [5.41, 5.74) is 3.52. The zero-order valence-electron chi connectivity index (χ0n) is 9.61. The molecule has 1 aliphatic heterocycles. The van der Waals surface area contributed by atoms with E-state index in [1.807, 2.05) is 19.2 Å². The molecule has 4 heteroatoms. The van der Waals surface area contributed by atoms with E-state index in [4.69, 9.17) is 4.74 Å². The fourth-order valence-electron chi connectivity index (χ4n) is 2.21. The number of halogens is 1. The molecule has 0 aliphatic carbocycles. The van der Waals surface area contributed by atoms with Crippen molar-refractivity contribution in [1.82, 2.24) is 9.78 Å². The van der Waals surface area contributed by atoms with E-state index >= 15 is 0 Å². The number of benzene rings is 1. The van der Waals surface area contributed by atoms with Gasteiger partial charge < -0.3 is 4.74 Å². The molecule has 1 aromatic carbocycles. The van der Waals surface area contributed by atoms with Crippen LogP contribution >= 0.6 is 0 Å². The lowest BCUT2D eigenvalue weighted by Gasteiger charge is -2.16. The van der Waals surface area contributed by atoms with Crippen LogP contribution in [0.1, 0.15) is 16.8 Å². The molecular weight excluding hydrogens is 219 g/mol. The molecule has 0 radical (unpaired) electrons. The van der Waals surface area contributed by atoms with E-state index in [1.165, 1.54) is 6.07 Å². The van der Waals surface area contributed by atoms with E-state index in [0.717, 1.165) is 29.8 Å². The first kappa shape index (κ1) is 10.5. The lowest BCUT2D eigenvalue weighted by molar-refractivity contribution is 0.106. The SMILES string of the molecule is Cc1cccc(F)c1-n1ncc2c1COCC2. The summed E-state index contributed by atoms with van der Waals surface area (Å²) in [7, 11) is 0. The molecule has 0 N–H and O–H groups in total. The number of fused-ring (bicyclic) bond motifs is 1. The summed E-state index contributed by atoms with van der Waals surface area (Å²) in [4.78, 5) is 0. The van der Waals surface area contributed by atoms with Crippen LogP contribution < -0.4 is 0 Å². The zero-order chi connectivity index (χ0) is 11.8. The van der Waals surface area contributed by atoms with Gasteiger partial charge in [-0.15, -0.1) is 0 Å². The Morgan fingerprint density at radius 1 is 1.41 bits per heavy atom. The third-order valence-electron chi connectivity index (χ3n) is 3.11. The monoisotopic (exact) mass is 232 g/mol. The van der Waals surface area contributed by atoms with Crippen LogP contribution in [-0.2, 0) is 17.8 Å². The van der Waals surface area contributed by atoms with Crippen LogP contribution in [0, 0.1) is 12.7 Å². The maximum atomic E-state index is 13.9. The molecular formula is C13H13FN2O. The van der Waals surface area contributed by atoms with Gasteiger partial charge in [-0.25, -0.2) is 9.07 Å². The van der Waals surface area contributed by atoms with Crippen LogP contribution in [0.3, 0.4) is 0 Å². The molecule has 0 bridgehead atoms. The quantitative estimate of drug-likeness (QED) is 0.755. The number of rotatable bonds is 1. The van der Waals surface area contributed by atoms with Gasteiger partial charge >= 0.3 is 0 Å². The Morgan fingerprint density at radius 3 is 3.12 bits per heavy atom. The summed E-state index contributed by atoms with van der Waals surface area (Å²) >= 11 is 0. The number of hydrogen-bond donors (Lipinski definition) is 0. The van der Waals surface area contributed by atoms with Gasteiger partial charge in [-0.3, -0.25) is 0 Å². The number of aromatic nitrogens is 2. The van der Waals surface area contributed by atoms with Crippen LogP contribution in [-0.4, -0.2) is 16.4 Å². The summed E-state index contributed by atoms with van der Waals surface area (Å²) in [5.74, 6) is -0.249. The lowest BCUT2D eigenvalue weighted by Crippen LogP contribution is -2.14. The third kappa shape index (κ3) is 1.65. The standard InChI is InChI=1S/C13H13FN2O/c1-9-3-2-4-11(14)13(9)16-12-8-17-6-5-10(12)7-15-16/h2-4,7H,5-6,8H2,1H3. The van der Waals surface area contributed by atoms with Gasteiger partial charge in [0.05, 0.1) is 25.1 Å². The first-order chi connectivity index (χ1) is 8.27. The largest absolute Gasteiger partial charge is 0.375 e. The van der Waals surface area contributed by atoms with Crippen LogP contribution in [0.4, 0.5) is 4.39 Å². The van der Waals surface area contributed by atoms with Gasteiger partial charge in [-0.2, -0.15) is 5.10 Å². The van der Waals surface area contributed by atoms with Gasteiger partial charge in [-0.1, -0.05) is 12.1 Å². The molecule has 0 spiro atoms. The Morgan fingerprint density at radius 2 is 2.29 bits per heavy atom. The molecule has 3 rings (SSSR count). The number of ether oxygens (including phenoxy) is 1. The molecule has 0 saturated heterocycles. The topological polar surface area (TPSA) is 27.1 Å². The third-order valence-corrected chi connectivity index (χ3v) is 3.11. The molecule has 0 amide bonds. The Labute approximate surface area is 98.8 Å². The number of aryl methyl sites for hydroxylation is 1. The number of hydrogen-bond acceptors (Lipinski definition) is 2. The van der Waals surface area contributed by atoms with Crippen molar-refractivity contribution >= 4 is 0 Å². The van der Waals surface area contributed by atoms with Crippen molar-refractivity contribution in [3.63, 3.8) is 0 Å². The highest BCUT2D eigenvalue weighted by Gasteiger charge is 2.19. The minimum atomic E-state index is -0.249. The van der Waals surface area contributed by atoms with E-state index in [0.29, 0.717) is 12.3 Å². The van der Waals surface area contributed by atoms with E-state index < -0.39 is 0 Å². The second-order valence-corrected chi connectivity index (χ2v) is 4.24. The summed E-state index contributed by atoms with van der Waals surface area (Å²) < 4.78 is 21.0. The van der Waals surface area contributed by atoms with Gasteiger partial charge in [0.2, 0.25) is 0 Å². The molecule has 2 heterocycles. The Bertz CT molecular complexity index is 542. The van der Waals surface area contributed by atoms with Crippen LogP contribution in [0.2, 0.25) is 0 Å². The predicted molar refractivity (Wildman–Crippen MR) is 61.6 cm³/mol. The van der Waals surface area contributed by atoms with Crippen molar-refractivity contribution in [2.45, 2.75) is 20.0 Å². The number of para-hydroxylation sites is 1. The van der Waals surface area contributed by atoms with Crippen molar-refractivity contribution in [2.24, 2.45) is 0 Å². The maximum absolute atomic E-state index is 13.9. The van der Waals surface area contributed by atoms with Gasteiger partial charge in [0, 0.05) is 0 Å². The lowest BCUT2D eigenvalue weighted by atomic mass is 10.1. The molecule has 0 atom stereocenters. The highest BCUT2D eigenvalue weighted by molar-refractivity contribution is 5.43. The van der Waals surface area contributed by atoms with E-state index in [1.54, 1.807) is 10.7 Å². The first-order valence-electron chi connectivity index (χ1n) is 5.66. The summed E-state index contributed by atoms with van der Waals surface area (Å²) in [6.45, 7) is 3.11. The zero-order valence-corrected chi connectivity index (χ0v) is 9.61. The normalized spacial score (nSPS) is 14.7. The maximum Gasteiger partial charge on any atom is 0.149 e. The van der Waals surface area contributed by atoms with Gasteiger partial charge in [0.15, 0.2) is 0 Å². The van der Waals surface area contributed by atoms with Gasteiger partial charge in [0.1, 0.15) is 11.5 Å². The molecule has 3 nitrogen and oxygen atoms in total. The fraction of sp³-hybridized carbons (Fsp3) is 0.308. The minimum Gasteiger partial charge on any atom is -0.375 e. The molecule has 1 aliphatic rings. The van der Waals surface area contributed by atoms with E-state index in [2.05, 4.69) is 5.10 Å². The van der Waals surface area contributed by atoms with Crippen molar-refractivity contribution < 1.29 is 9.13 Å². The molecule has 0 fully saturated rings. The summed E-state index contributed by atoms with van der Waals surface area (Å²) in [6.07, 6.45) is 2.66. The Hall–Kier alpha value is -1.68. The van der Waals surface area contributed by atoms with Crippen molar-refractivity contribution in [1.29, 1.82) is 0 Å². The summed E-state index contributed by atoms with van der Waals surface area (Å²) in [6, 6.07) is 5.05. The molecule has 2 aromatic rings. The Balaban J connectivity index is 2.19. The fourth-order valence-corrected chi connectivity index (χ4v) is 2.21. The van der Waals surface area contributed by atoms with E-state index in [9.17, 15) is 4.39 Å². The smallest absolute Gasteiger partial charge is 0.149 e. The van der Waals surface area contributed by atoms with Crippen LogP contribution in [0.25, 0.3) is 5.69 Å². The van der Waals surface area contributed by atoms with E-state index in [-0.39, 0.29) is 5.82 Å². The highest BCUT2D eigenvalue weighted by Crippen LogP contribution is 2.24. The average Bonchev–Trinajstić information content (AvgIpc) is 2.73. The van der Waals surface area contributed by atoms with Crippen molar-refractivity contribution in [3.8, 4) is 5.69 Å². The first-order valence-corrected chi connectivity index (χ1v) is 5.66. The van der Waals surface area contributed by atoms with Crippen LogP contribution in [0.15, 0.2) is 24.4 Å². The second-order valence-electron chi connectivity index (χ2n) is 4.24. The highest BCUT2D eigenvalue weighted by atomic mass is 19.1. The second kappa shape index (κ2) is 3.96. The average molecular weight is 232 g/mol. The molecule has 1 aromatic heterocycles. The summed E-state index contributed by atoms with van der Waals surface area (Å²) in [5, 5.41) is 4.29. The van der Waals surface area contributed by atoms with Crippen molar-refractivity contribution in [3.05, 3.63) is 47.0 Å². The van der Waals surface area contributed by atoms with Gasteiger partial charge in [0.25, 0.3) is 0 Å². The molecule has 0 unspecified atom stereocenters. The predicted octanol–water partition coefficient (Wildman–Crippen LogP) is 2.39. The van der Waals surface area contributed by atoms with Crippen LogP contribution in [0.5, 0.6) is 0 Å². The minimum absolute atomic E-state index is 0.249. The Kier molecular flexibility index (Phi) is 2.44.